The fraction of sp³-hybridized carbons (Fsp3) is 0.429. The van der Waals surface area contributed by atoms with Gasteiger partial charge in [0.2, 0.25) is 0 Å². The third-order valence-electron chi connectivity index (χ3n) is 3.14. The van der Waals surface area contributed by atoms with Gasteiger partial charge in [-0.25, -0.2) is 0 Å². The molecule has 0 bridgehead atoms. The second kappa shape index (κ2) is 5.73. The van der Waals surface area contributed by atoms with Crippen molar-refractivity contribution >= 4 is 17.4 Å². The Balaban J connectivity index is 2.09. The summed E-state index contributed by atoms with van der Waals surface area (Å²) in [5.41, 5.74) is 1.32. The maximum absolute atomic E-state index is 11.8. The molecule has 1 aliphatic heterocycles. The Morgan fingerprint density at radius 3 is 2.89 bits per heavy atom. The van der Waals surface area contributed by atoms with Crippen LogP contribution in [0.3, 0.4) is 0 Å². The van der Waals surface area contributed by atoms with Gasteiger partial charge in [0.15, 0.2) is 5.78 Å². The quantitative estimate of drug-likeness (QED) is 0.797. The predicted molar refractivity (Wildman–Crippen MR) is 70.8 cm³/mol. The number of nitrogens with one attached hydrogen (secondary N) is 1. The third kappa shape index (κ3) is 3.24. The zero-order valence-corrected chi connectivity index (χ0v) is 10.8. The number of benzene rings is 1. The van der Waals surface area contributed by atoms with Crippen LogP contribution in [-0.2, 0) is 4.79 Å². The zero-order valence-electron chi connectivity index (χ0n) is 10.8. The highest BCUT2D eigenvalue weighted by Gasteiger charge is 2.19. The van der Waals surface area contributed by atoms with Crippen LogP contribution in [0.2, 0.25) is 0 Å². The molecule has 0 amide bonds. The molecule has 5 heteroatoms. The van der Waals surface area contributed by atoms with Crippen LogP contribution in [0.25, 0.3) is 0 Å². The maximum Gasteiger partial charge on any atom is 0.303 e. The van der Waals surface area contributed by atoms with Crippen LogP contribution >= 0.6 is 0 Å². The van der Waals surface area contributed by atoms with E-state index in [1.807, 2.05) is 0 Å². The van der Waals surface area contributed by atoms with E-state index in [0.29, 0.717) is 5.56 Å². The number of hydrogen-bond acceptors (Lipinski definition) is 4. The van der Waals surface area contributed by atoms with E-state index >= 15 is 0 Å². The summed E-state index contributed by atoms with van der Waals surface area (Å²) in [5.74, 6) is -0.379. The van der Waals surface area contributed by atoms with Crippen LogP contribution in [0.1, 0.15) is 36.5 Å². The van der Waals surface area contributed by atoms with Gasteiger partial charge >= 0.3 is 5.97 Å². The van der Waals surface area contributed by atoms with Crippen molar-refractivity contribution in [2.24, 2.45) is 0 Å². The van der Waals surface area contributed by atoms with E-state index in [0.717, 1.165) is 24.4 Å². The topological polar surface area (TPSA) is 75.6 Å². The van der Waals surface area contributed by atoms with Crippen molar-refractivity contribution in [3.05, 3.63) is 23.8 Å². The molecule has 0 spiro atoms. The van der Waals surface area contributed by atoms with Gasteiger partial charge in [-0.2, -0.15) is 0 Å². The lowest BCUT2D eigenvalue weighted by Crippen LogP contribution is -2.30. The SMILES string of the molecule is CCC1CNc2cc(C(=O)CCC(=O)O)ccc2O1. The van der Waals surface area contributed by atoms with Gasteiger partial charge in [0, 0.05) is 12.0 Å². The first kappa shape index (κ1) is 13.4. The molecule has 19 heavy (non-hydrogen) atoms. The molecule has 1 atom stereocenters. The summed E-state index contributed by atoms with van der Waals surface area (Å²) in [6, 6.07) is 5.17. The van der Waals surface area contributed by atoms with Gasteiger partial charge in [-0.1, -0.05) is 6.92 Å². The first-order chi connectivity index (χ1) is 9.10. The molecule has 0 aromatic heterocycles. The third-order valence-corrected chi connectivity index (χ3v) is 3.14. The number of hydrogen-bond donors (Lipinski definition) is 2. The van der Waals surface area contributed by atoms with Gasteiger partial charge in [0.05, 0.1) is 18.7 Å². The first-order valence-electron chi connectivity index (χ1n) is 6.39. The number of ether oxygens (including phenoxy) is 1. The van der Waals surface area contributed by atoms with E-state index in [1.165, 1.54) is 0 Å². The van der Waals surface area contributed by atoms with Gasteiger partial charge in [0.1, 0.15) is 11.9 Å². The maximum atomic E-state index is 11.8. The Kier molecular flexibility index (Phi) is 4.04. The zero-order chi connectivity index (χ0) is 13.8. The van der Waals surface area contributed by atoms with E-state index in [1.54, 1.807) is 18.2 Å². The molecule has 1 heterocycles. The van der Waals surface area contributed by atoms with Crippen LogP contribution in [0, 0.1) is 0 Å². The summed E-state index contributed by atoms with van der Waals surface area (Å²) in [4.78, 5) is 22.3. The number of carbonyl (C=O) groups excluding carboxylic acids is 1. The van der Waals surface area contributed by atoms with Gasteiger partial charge in [-0.3, -0.25) is 9.59 Å². The van der Waals surface area contributed by atoms with Crippen molar-refractivity contribution < 1.29 is 19.4 Å². The van der Waals surface area contributed by atoms with Gasteiger partial charge in [0.25, 0.3) is 0 Å². The highest BCUT2D eigenvalue weighted by atomic mass is 16.5. The van der Waals surface area contributed by atoms with E-state index in [2.05, 4.69) is 12.2 Å². The highest BCUT2D eigenvalue weighted by Crippen LogP contribution is 2.31. The molecule has 0 fully saturated rings. The lowest BCUT2D eigenvalue weighted by atomic mass is 10.0. The van der Waals surface area contributed by atoms with Gasteiger partial charge in [-0.15, -0.1) is 0 Å². The number of rotatable bonds is 5. The fourth-order valence-corrected chi connectivity index (χ4v) is 1.98. The minimum absolute atomic E-state index is 0.0204. The molecule has 1 aliphatic rings. The van der Waals surface area contributed by atoms with E-state index in [-0.39, 0.29) is 24.7 Å². The molecular weight excluding hydrogens is 246 g/mol. The van der Waals surface area contributed by atoms with Gasteiger partial charge < -0.3 is 15.2 Å². The Bertz CT molecular complexity index is 498. The van der Waals surface area contributed by atoms with Crippen molar-refractivity contribution in [3.63, 3.8) is 0 Å². The number of ketones is 1. The summed E-state index contributed by atoms with van der Waals surface area (Å²) >= 11 is 0. The standard InChI is InChI=1S/C14H17NO4/c1-2-10-8-15-11-7-9(3-5-13(11)19-10)12(16)4-6-14(17)18/h3,5,7,10,15H,2,4,6,8H2,1H3,(H,17,18). The molecule has 0 radical (unpaired) electrons. The number of carboxylic acid groups (broad SMARTS) is 1. The Labute approximate surface area is 111 Å². The summed E-state index contributed by atoms with van der Waals surface area (Å²) in [7, 11) is 0. The van der Waals surface area contributed by atoms with Crippen LogP contribution in [0.5, 0.6) is 5.75 Å². The first-order valence-corrected chi connectivity index (χ1v) is 6.39. The van der Waals surface area contributed by atoms with E-state index < -0.39 is 5.97 Å². The minimum atomic E-state index is -0.960. The number of fused-ring (bicyclic) bond motifs is 1. The molecule has 0 aliphatic carbocycles. The molecule has 1 aromatic carbocycles. The predicted octanol–water partition coefficient (Wildman–Crippen LogP) is 2.32. The van der Waals surface area contributed by atoms with Crippen molar-refractivity contribution in [2.45, 2.75) is 32.3 Å². The second-order valence-electron chi connectivity index (χ2n) is 4.56. The molecule has 0 saturated carbocycles. The molecule has 1 aromatic rings. The smallest absolute Gasteiger partial charge is 0.303 e. The van der Waals surface area contributed by atoms with E-state index in [9.17, 15) is 9.59 Å². The van der Waals surface area contributed by atoms with Crippen LogP contribution in [-0.4, -0.2) is 29.5 Å². The molecule has 2 N–H and O–H groups in total. The number of carbonyl (C=O) groups is 2. The summed E-state index contributed by atoms with van der Waals surface area (Å²) < 4.78 is 5.75. The molecule has 1 unspecified atom stereocenters. The summed E-state index contributed by atoms with van der Waals surface area (Å²) in [6.07, 6.45) is 0.955. The molecular formula is C14H17NO4. The van der Waals surface area contributed by atoms with Crippen LogP contribution in [0.15, 0.2) is 18.2 Å². The van der Waals surface area contributed by atoms with Crippen LogP contribution < -0.4 is 10.1 Å². The average molecular weight is 263 g/mol. The van der Waals surface area contributed by atoms with Crippen molar-refractivity contribution in [1.82, 2.24) is 0 Å². The average Bonchev–Trinajstić information content (AvgIpc) is 2.43. The summed E-state index contributed by atoms with van der Waals surface area (Å²) in [6.45, 7) is 2.78. The minimum Gasteiger partial charge on any atom is -0.486 e. The van der Waals surface area contributed by atoms with Crippen molar-refractivity contribution in [1.29, 1.82) is 0 Å². The monoisotopic (exact) mass is 263 g/mol. The molecule has 0 saturated heterocycles. The normalized spacial score (nSPS) is 17.0. The van der Waals surface area contributed by atoms with Crippen molar-refractivity contribution in [2.75, 3.05) is 11.9 Å². The molecule has 5 nitrogen and oxygen atoms in total. The summed E-state index contributed by atoms with van der Waals surface area (Å²) in [5, 5.41) is 11.8. The number of carboxylic acids is 1. The second-order valence-corrected chi connectivity index (χ2v) is 4.56. The Morgan fingerprint density at radius 2 is 2.21 bits per heavy atom. The lowest BCUT2D eigenvalue weighted by Gasteiger charge is -2.26. The number of aliphatic carboxylic acids is 1. The van der Waals surface area contributed by atoms with Crippen molar-refractivity contribution in [3.8, 4) is 5.75 Å². The number of Topliss-reactive ketones (excluding diaryl/α,β-unsaturated/α-hetero) is 1. The number of anilines is 1. The largest absolute Gasteiger partial charge is 0.486 e. The van der Waals surface area contributed by atoms with E-state index in [4.69, 9.17) is 9.84 Å². The fourth-order valence-electron chi connectivity index (χ4n) is 1.98. The Morgan fingerprint density at radius 1 is 1.42 bits per heavy atom. The molecule has 2 rings (SSSR count). The molecule has 102 valence electrons. The lowest BCUT2D eigenvalue weighted by molar-refractivity contribution is -0.136. The van der Waals surface area contributed by atoms with Crippen LogP contribution in [0.4, 0.5) is 5.69 Å². The Hall–Kier alpha value is -2.04. The van der Waals surface area contributed by atoms with Gasteiger partial charge in [-0.05, 0) is 24.6 Å². The highest BCUT2D eigenvalue weighted by molar-refractivity contribution is 5.98.